The van der Waals surface area contributed by atoms with Gasteiger partial charge in [0.15, 0.2) is 0 Å². The number of halogens is 2. The number of likely N-dealkylation sites (tertiary alicyclic amines) is 1. The van der Waals surface area contributed by atoms with Gasteiger partial charge in [0, 0.05) is 43.6 Å². The fourth-order valence-electron chi connectivity index (χ4n) is 5.39. The molecule has 1 N–H and O–H groups in total. The molecule has 2 unspecified atom stereocenters. The Morgan fingerprint density at radius 1 is 1.03 bits per heavy atom. The third-order valence-corrected chi connectivity index (χ3v) is 7.18. The van der Waals surface area contributed by atoms with E-state index in [0.29, 0.717) is 34.2 Å². The molecule has 168 valence electrons. The van der Waals surface area contributed by atoms with Crippen molar-refractivity contribution >= 4 is 23.1 Å². The highest BCUT2D eigenvalue weighted by molar-refractivity contribution is 6.33. The zero-order valence-corrected chi connectivity index (χ0v) is 18.8. The summed E-state index contributed by atoms with van der Waals surface area (Å²) in [6.07, 6.45) is 6.44. The molecule has 0 bridgehead atoms. The summed E-state index contributed by atoms with van der Waals surface area (Å²) in [7, 11) is 0. The van der Waals surface area contributed by atoms with Crippen molar-refractivity contribution in [1.82, 2.24) is 24.5 Å². The molecule has 6 rings (SSSR count). The number of benzene rings is 1. The Labute approximate surface area is 196 Å². The molecule has 1 aliphatic carbocycles. The van der Waals surface area contributed by atoms with E-state index in [1.807, 2.05) is 36.5 Å². The first-order valence-electron chi connectivity index (χ1n) is 11.3. The summed E-state index contributed by atoms with van der Waals surface area (Å²) in [5.41, 5.74) is 3.25. The van der Waals surface area contributed by atoms with Crippen LogP contribution in [0.2, 0.25) is 5.02 Å². The normalized spacial score (nSPS) is 22.7. The first-order chi connectivity index (χ1) is 16.1. The van der Waals surface area contributed by atoms with Gasteiger partial charge in [0.05, 0.1) is 16.4 Å². The average molecular weight is 463 g/mol. The highest BCUT2D eigenvalue weighted by atomic mass is 35.5. The molecule has 1 aromatic carbocycles. The molecule has 0 spiro atoms. The quantitative estimate of drug-likeness (QED) is 0.457. The van der Waals surface area contributed by atoms with Crippen LogP contribution in [0.1, 0.15) is 18.5 Å². The number of rotatable bonds is 5. The van der Waals surface area contributed by atoms with Crippen molar-refractivity contribution in [2.75, 3.05) is 18.4 Å². The first kappa shape index (κ1) is 20.6. The van der Waals surface area contributed by atoms with Crippen molar-refractivity contribution in [3.63, 3.8) is 0 Å². The molecule has 0 amide bonds. The lowest BCUT2D eigenvalue weighted by Crippen LogP contribution is -2.25. The van der Waals surface area contributed by atoms with Gasteiger partial charge in [0.25, 0.3) is 0 Å². The SMILES string of the molecule is Fc1ccc(Cl)c(-c2ccc(NC3CC4CN(Cc5cn6ccccc6n5)CC4C3)nn2)c1. The van der Waals surface area contributed by atoms with E-state index in [-0.39, 0.29) is 5.82 Å². The van der Waals surface area contributed by atoms with Crippen LogP contribution in [0.25, 0.3) is 16.9 Å². The standard InChI is InChI=1S/C25H24ClFN6/c26-22-5-4-18(27)11-21(22)23-6-7-24(31-30-23)28-19-9-16-12-32(13-17(16)10-19)14-20-15-33-8-2-1-3-25(33)29-20/h1-8,11,15-17,19H,9-10,12-14H2,(H,28,31). The minimum atomic E-state index is -0.342. The van der Waals surface area contributed by atoms with Gasteiger partial charge in [-0.2, -0.15) is 0 Å². The van der Waals surface area contributed by atoms with E-state index < -0.39 is 0 Å². The highest BCUT2D eigenvalue weighted by Crippen LogP contribution is 2.39. The summed E-state index contributed by atoms with van der Waals surface area (Å²) in [5.74, 6) is 1.79. The maximum absolute atomic E-state index is 13.6. The van der Waals surface area contributed by atoms with Crippen molar-refractivity contribution in [2.24, 2.45) is 11.8 Å². The van der Waals surface area contributed by atoms with Gasteiger partial charge in [-0.25, -0.2) is 9.37 Å². The minimum absolute atomic E-state index is 0.342. The molecule has 2 aliphatic rings. The lowest BCUT2D eigenvalue weighted by molar-refractivity contribution is 0.298. The summed E-state index contributed by atoms with van der Waals surface area (Å²) >= 11 is 6.19. The van der Waals surface area contributed by atoms with Crippen molar-refractivity contribution in [2.45, 2.75) is 25.4 Å². The van der Waals surface area contributed by atoms with Crippen LogP contribution in [-0.4, -0.2) is 43.6 Å². The molecule has 33 heavy (non-hydrogen) atoms. The van der Waals surface area contributed by atoms with Gasteiger partial charge < -0.3 is 9.72 Å². The van der Waals surface area contributed by atoms with Gasteiger partial charge in [-0.1, -0.05) is 17.7 Å². The Morgan fingerprint density at radius 3 is 2.64 bits per heavy atom. The maximum atomic E-state index is 13.6. The molecular weight excluding hydrogens is 439 g/mol. The molecule has 1 aliphatic heterocycles. The second-order valence-electron chi connectivity index (χ2n) is 9.15. The van der Waals surface area contributed by atoms with E-state index in [2.05, 4.69) is 31.0 Å². The summed E-state index contributed by atoms with van der Waals surface area (Å²) < 4.78 is 15.7. The van der Waals surface area contributed by atoms with Crippen LogP contribution in [0, 0.1) is 17.7 Å². The number of imidazole rings is 1. The van der Waals surface area contributed by atoms with Crippen LogP contribution >= 0.6 is 11.6 Å². The predicted octanol–water partition coefficient (Wildman–Crippen LogP) is 4.91. The van der Waals surface area contributed by atoms with E-state index in [0.717, 1.165) is 49.6 Å². The monoisotopic (exact) mass is 462 g/mol. The van der Waals surface area contributed by atoms with Crippen molar-refractivity contribution in [1.29, 1.82) is 0 Å². The first-order valence-corrected chi connectivity index (χ1v) is 11.7. The molecule has 4 heterocycles. The molecule has 1 saturated heterocycles. The van der Waals surface area contributed by atoms with Gasteiger partial charge in [-0.05, 0) is 67.1 Å². The zero-order valence-electron chi connectivity index (χ0n) is 18.0. The summed E-state index contributed by atoms with van der Waals surface area (Å²) in [6.45, 7) is 3.13. The second-order valence-corrected chi connectivity index (χ2v) is 9.56. The predicted molar refractivity (Wildman–Crippen MR) is 127 cm³/mol. The summed E-state index contributed by atoms with van der Waals surface area (Å²) in [4.78, 5) is 7.28. The average Bonchev–Trinajstić information content (AvgIpc) is 3.48. The van der Waals surface area contributed by atoms with Crippen LogP contribution in [0.4, 0.5) is 10.2 Å². The number of hydrogen-bond donors (Lipinski definition) is 1. The van der Waals surface area contributed by atoms with E-state index in [9.17, 15) is 4.39 Å². The summed E-state index contributed by atoms with van der Waals surface area (Å²) in [5, 5.41) is 12.6. The maximum Gasteiger partial charge on any atom is 0.148 e. The lowest BCUT2D eigenvalue weighted by atomic mass is 10.0. The van der Waals surface area contributed by atoms with E-state index >= 15 is 0 Å². The Bertz CT molecular complexity index is 1240. The topological polar surface area (TPSA) is 58.4 Å². The zero-order chi connectivity index (χ0) is 22.4. The molecule has 6 nitrogen and oxygen atoms in total. The van der Waals surface area contributed by atoms with Crippen LogP contribution in [0.15, 0.2) is 60.9 Å². The lowest BCUT2D eigenvalue weighted by Gasteiger charge is -2.19. The molecular formula is C25H24ClFN6. The molecule has 4 aromatic rings. The third kappa shape index (κ3) is 4.18. The fourth-order valence-corrected chi connectivity index (χ4v) is 5.61. The molecule has 1 saturated carbocycles. The van der Waals surface area contributed by atoms with Gasteiger partial charge in [0.1, 0.15) is 17.3 Å². The van der Waals surface area contributed by atoms with Crippen molar-refractivity contribution in [3.8, 4) is 11.3 Å². The van der Waals surface area contributed by atoms with E-state index in [1.54, 1.807) is 0 Å². The largest absolute Gasteiger partial charge is 0.366 e. The fraction of sp³-hybridized carbons (Fsp3) is 0.320. The second kappa shape index (κ2) is 8.39. The summed E-state index contributed by atoms with van der Waals surface area (Å²) in [6, 6.07) is 14.5. The Morgan fingerprint density at radius 2 is 1.88 bits per heavy atom. The Hall–Kier alpha value is -3.03. The van der Waals surface area contributed by atoms with Crippen LogP contribution in [0.5, 0.6) is 0 Å². The number of pyridine rings is 1. The number of hydrogen-bond acceptors (Lipinski definition) is 5. The van der Waals surface area contributed by atoms with Crippen LogP contribution in [-0.2, 0) is 6.54 Å². The van der Waals surface area contributed by atoms with Gasteiger partial charge >= 0.3 is 0 Å². The molecule has 2 atom stereocenters. The van der Waals surface area contributed by atoms with Crippen LogP contribution in [0.3, 0.4) is 0 Å². The number of fused-ring (bicyclic) bond motifs is 2. The van der Waals surface area contributed by atoms with Gasteiger partial charge in [0.2, 0.25) is 0 Å². The number of aromatic nitrogens is 4. The van der Waals surface area contributed by atoms with E-state index in [4.69, 9.17) is 16.6 Å². The Kier molecular flexibility index (Phi) is 5.23. The number of anilines is 1. The van der Waals surface area contributed by atoms with Gasteiger partial charge in [-0.3, -0.25) is 4.90 Å². The molecule has 3 aromatic heterocycles. The van der Waals surface area contributed by atoms with E-state index in [1.165, 1.54) is 18.2 Å². The van der Waals surface area contributed by atoms with Gasteiger partial charge in [-0.15, -0.1) is 10.2 Å². The minimum Gasteiger partial charge on any atom is -0.366 e. The number of nitrogens with zero attached hydrogens (tertiary/aromatic N) is 5. The molecule has 2 fully saturated rings. The van der Waals surface area contributed by atoms with Crippen molar-refractivity contribution in [3.05, 3.63) is 77.5 Å². The number of nitrogens with one attached hydrogen (secondary N) is 1. The Balaban J connectivity index is 1.05. The molecule has 8 heteroatoms. The molecule has 0 radical (unpaired) electrons. The highest BCUT2D eigenvalue weighted by Gasteiger charge is 2.41. The third-order valence-electron chi connectivity index (χ3n) is 6.85. The van der Waals surface area contributed by atoms with Crippen molar-refractivity contribution < 1.29 is 4.39 Å². The smallest absolute Gasteiger partial charge is 0.148 e. The van der Waals surface area contributed by atoms with Crippen LogP contribution < -0.4 is 5.32 Å².